The van der Waals surface area contributed by atoms with E-state index in [0.29, 0.717) is 0 Å². The summed E-state index contributed by atoms with van der Waals surface area (Å²) in [6.07, 6.45) is 0. The second-order valence-electron chi connectivity index (χ2n) is 2.71. The van der Waals surface area contributed by atoms with Gasteiger partial charge in [-0.25, -0.2) is 0 Å². The second kappa shape index (κ2) is 1.30. The molecule has 0 fully saturated rings. The summed E-state index contributed by atoms with van der Waals surface area (Å²) in [5, 5.41) is 0. The molecule has 0 unspecified atom stereocenters. The molecule has 0 spiro atoms. The molecule has 0 aliphatic heterocycles. The van der Waals surface area contributed by atoms with Gasteiger partial charge in [0.25, 0.3) is 0 Å². The van der Waals surface area contributed by atoms with E-state index < -0.39 is 14.1 Å². The second-order valence-corrected chi connectivity index (χ2v) is 11.2. The normalized spacial score (nSPS) is 29.2. The molecule has 0 atom stereocenters. The van der Waals surface area contributed by atoms with E-state index >= 15 is 0 Å². The van der Waals surface area contributed by atoms with Crippen LogP contribution in [0.3, 0.4) is 0 Å². The molecule has 0 aromatic heterocycles. The number of halogens is 6. The quantitative estimate of drug-likeness (QED) is 0.320. The van der Waals surface area contributed by atoms with E-state index in [1.807, 2.05) is 0 Å². The van der Waals surface area contributed by atoms with E-state index in [2.05, 4.69) is 0 Å². The molecule has 66 valence electrons. The van der Waals surface area contributed by atoms with Crippen molar-refractivity contribution in [3.8, 4) is 0 Å². The van der Waals surface area contributed by atoms with Crippen molar-refractivity contribution in [3.05, 3.63) is 0 Å². The Morgan fingerprint density at radius 3 is 0.750 bits per heavy atom. The van der Waals surface area contributed by atoms with Gasteiger partial charge in [0.1, 0.15) is 0 Å². The zero-order valence-corrected chi connectivity index (χ0v) is 11.6. The van der Waals surface area contributed by atoms with Crippen LogP contribution in [0.4, 0.5) is 18.6 Å². The molecule has 0 aromatic carbocycles. The first-order valence-corrected chi connectivity index (χ1v) is 7.20. The molecule has 0 heterocycles. The fraction of sp³-hybridized carbons (Fsp3) is 0. The summed E-state index contributed by atoms with van der Waals surface area (Å²) in [5.41, 5.74) is 0. The Hall–Kier alpha value is 2.01. The number of hydrogen-bond donors (Lipinski definition) is 0. The molecule has 0 saturated heterocycles. The number of hydrogen-bond acceptors (Lipinski definition) is 3. The van der Waals surface area contributed by atoms with Crippen LogP contribution in [0.25, 0.3) is 0 Å². The Labute approximate surface area is 101 Å². The summed E-state index contributed by atoms with van der Waals surface area (Å²) in [6.45, 7) is 0. The topological polar surface area (TPSA) is 63.2 Å². The average Bonchev–Trinajstić information content (AvgIpc) is 0.469. The maximum atomic E-state index is 10.3. The Balaban J connectivity index is -0.000000405. The van der Waals surface area contributed by atoms with E-state index in [1.54, 1.807) is 0 Å². The predicted octanol–water partition coefficient (Wildman–Crippen LogP) is -5.97. The van der Waals surface area contributed by atoms with Gasteiger partial charge in [-0.3, -0.25) is 0 Å². The monoisotopic (exact) mass is 256 g/mol. The van der Waals surface area contributed by atoms with Gasteiger partial charge in [0, 0.05) is 0 Å². The van der Waals surface area contributed by atoms with Crippen molar-refractivity contribution in [2.45, 2.75) is 0 Å². The molecule has 12 heavy (non-hydrogen) atoms. The molecular formula is F6Na2O3Ti. The molecule has 3 nitrogen and oxygen atoms in total. The fourth-order valence-corrected chi connectivity index (χ4v) is 0. The third-order valence-electron chi connectivity index (χ3n) is 0. The maximum absolute atomic E-state index is 16.5. The molecule has 0 aliphatic rings. The first kappa shape index (κ1) is 19.6. The van der Waals surface area contributed by atoms with E-state index in [9.17, 15) is 18.6 Å². The molecule has 0 amide bonds. The molecule has 0 aromatic rings. The number of rotatable bonds is 0. The fourth-order valence-electron chi connectivity index (χ4n) is 0. The first-order valence-electron chi connectivity index (χ1n) is 1.75. The standard InChI is InChI=1S/6FH.2Na.3O.Ti/h6*1H;;;;;;/q;;;;;;2*+1;;2*-1;+6/p-6. The average molecular weight is 256 g/mol. The minimum absolute atomic E-state index is 0. The van der Waals surface area contributed by atoms with Crippen molar-refractivity contribution in [3.63, 3.8) is 0 Å². The van der Waals surface area contributed by atoms with Crippen LogP contribution in [-0.2, 0) is 17.5 Å². The van der Waals surface area contributed by atoms with E-state index in [0.717, 1.165) is 0 Å². The van der Waals surface area contributed by atoms with E-state index in [-0.39, 0.29) is 59.1 Å². The van der Waals surface area contributed by atoms with Crippen molar-refractivity contribution in [1.82, 2.24) is 0 Å². The molecule has 0 rings (SSSR count). The van der Waals surface area contributed by atoms with Gasteiger partial charge < -0.3 is 0 Å². The molecule has 0 bridgehead atoms. The zero-order chi connectivity index (χ0) is 9.33. The Morgan fingerprint density at radius 2 is 0.750 bits per heavy atom. The van der Waals surface area contributed by atoms with Crippen molar-refractivity contribution >= 4 is 0 Å². The van der Waals surface area contributed by atoms with Crippen LogP contribution in [0.5, 0.6) is 0 Å². The van der Waals surface area contributed by atoms with Gasteiger partial charge in [0.2, 0.25) is 0 Å². The predicted molar refractivity (Wildman–Crippen MR) is 7.33 cm³/mol. The van der Waals surface area contributed by atoms with Crippen LogP contribution in [0, 0.1) is 0 Å². The summed E-state index contributed by atoms with van der Waals surface area (Å²) >= 11 is -16.5. The van der Waals surface area contributed by atoms with Gasteiger partial charge in [-0.15, -0.1) is 0 Å². The van der Waals surface area contributed by atoms with Crippen LogP contribution < -0.4 is 66.5 Å². The van der Waals surface area contributed by atoms with Gasteiger partial charge in [-0.05, 0) is 0 Å². The van der Waals surface area contributed by atoms with Crippen LogP contribution in [0.2, 0.25) is 0 Å². The summed E-state index contributed by atoms with van der Waals surface area (Å²) in [4.78, 5) is 0. The summed E-state index contributed by atoms with van der Waals surface area (Å²) in [6, 6.07) is 0. The molecule has 0 N–H and O–H groups in total. The van der Waals surface area contributed by atoms with Crippen molar-refractivity contribution in [1.29, 1.82) is 0 Å². The van der Waals surface area contributed by atoms with Crippen LogP contribution >= 0.6 is 0 Å². The summed E-state index contributed by atoms with van der Waals surface area (Å²) in [7, 11) is 0. The van der Waals surface area contributed by atoms with Crippen molar-refractivity contribution in [2.75, 3.05) is 0 Å². The third-order valence-corrected chi connectivity index (χ3v) is 0. The van der Waals surface area contributed by atoms with Crippen LogP contribution in [0.15, 0.2) is 0 Å². The van der Waals surface area contributed by atoms with Gasteiger partial charge in [0.05, 0.1) is 0 Å². The van der Waals surface area contributed by atoms with E-state index in [1.165, 1.54) is 0 Å². The molecule has 0 radical (unpaired) electrons. The van der Waals surface area contributed by atoms with Gasteiger partial charge in [0.15, 0.2) is 0 Å². The minimum atomic E-state index is -16.5. The van der Waals surface area contributed by atoms with Gasteiger partial charge in [-0.1, -0.05) is 0 Å². The Morgan fingerprint density at radius 1 is 0.750 bits per heavy atom. The zero-order valence-electron chi connectivity index (χ0n) is 5.99. The SMILES string of the molecule is [Na+].[Na+].[O]=[Ti]([O-])([O-])([F])([F])([F])([F])([F])[F]. The molecule has 0 saturated carbocycles. The van der Waals surface area contributed by atoms with Gasteiger partial charge in [-0.2, -0.15) is 0 Å². The van der Waals surface area contributed by atoms with Crippen LogP contribution in [0.1, 0.15) is 0 Å². The van der Waals surface area contributed by atoms with E-state index in [4.69, 9.17) is 10.7 Å². The first-order chi connectivity index (χ1) is 3.00. The van der Waals surface area contributed by atoms with Gasteiger partial charge >= 0.3 is 103 Å². The molecule has 0 aliphatic carbocycles. The Bertz CT molecular complexity index is 316. The third kappa shape index (κ3) is 359. The van der Waals surface area contributed by atoms with Crippen molar-refractivity contribution in [2.24, 2.45) is 0 Å². The van der Waals surface area contributed by atoms with Crippen LogP contribution in [-0.4, -0.2) is 0 Å². The van der Waals surface area contributed by atoms with Crippen molar-refractivity contribution < 1.29 is 103 Å². The summed E-state index contributed by atoms with van der Waals surface area (Å²) < 4.78 is 85.8. The molecule has 12 heteroatoms. The summed E-state index contributed by atoms with van der Waals surface area (Å²) in [5.74, 6) is 0. The molecular weight excluding hydrogens is 256 g/mol. The Kier molecular flexibility index (Phi) is 2.12.